The third kappa shape index (κ3) is 2.88. The number of hydrogen-bond donors (Lipinski definition) is 2. The van der Waals surface area contributed by atoms with Gasteiger partial charge in [0.05, 0.1) is 19.4 Å². The summed E-state index contributed by atoms with van der Waals surface area (Å²) in [5.41, 5.74) is 2.04. The number of anilines is 2. The number of methoxy groups -OCH3 is 1. The Morgan fingerprint density at radius 2 is 2.07 bits per heavy atom. The second-order valence-electron chi connectivity index (χ2n) is 7.82. The van der Waals surface area contributed by atoms with Gasteiger partial charge in [-0.25, -0.2) is 0 Å². The van der Waals surface area contributed by atoms with Gasteiger partial charge in [-0.3, -0.25) is 9.59 Å². The van der Waals surface area contributed by atoms with Gasteiger partial charge in [-0.2, -0.15) is 0 Å². The zero-order valence-electron chi connectivity index (χ0n) is 16.3. The lowest BCUT2D eigenvalue weighted by atomic mass is 9.87. The maximum atomic E-state index is 13.0. The van der Waals surface area contributed by atoms with Crippen LogP contribution in [0.15, 0.2) is 36.4 Å². The molecule has 1 aliphatic carbocycles. The molecule has 2 heterocycles. The third-order valence-corrected chi connectivity index (χ3v) is 6.10. The van der Waals surface area contributed by atoms with Crippen molar-refractivity contribution in [3.8, 4) is 17.2 Å². The van der Waals surface area contributed by atoms with Crippen molar-refractivity contribution < 1.29 is 23.8 Å². The van der Waals surface area contributed by atoms with Crippen LogP contribution in [0.3, 0.4) is 0 Å². The van der Waals surface area contributed by atoms with Crippen molar-refractivity contribution in [2.24, 2.45) is 5.92 Å². The van der Waals surface area contributed by atoms with Crippen molar-refractivity contribution in [2.75, 3.05) is 24.4 Å². The standard InChI is InChI=1S/C22H22N2O5/c1-12-20(25)24-17-9-13(3-5-19(17)29-12)23-21(26)16-11-22(16)7-8-28-18-6-4-14(27-2)10-15(18)22/h3-6,9-10,12,16H,7-8,11H2,1-2H3,(H,23,26)(H,24,25)/t12-,16-,22-/m1/s1. The van der Waals surface area contributed by atoms with E-state index in [1.54, 1.807) is 32.2 Å². The van der Waals surface area contributed by atoms with E-state index in [2.05, 4.69) is 10.6 Å². The highest BCUT2D eigenvalue weighted by molar-refractivity contribution is 6.00. The molecular weight excluding hydrogens is 372 g/mol. The van der Waals surface area contributed by atoms with E-state index in [9.17, 15) is 9.59 Å². The van der Waals surface area contributed by atoms with E-state index in [4.69, 9.17) is 14.2 Å². The molecule has 2 aliphatic heterocycles. The molecule has 5 rings (SSSR count). The van der Waals surface area contributed by atoms with Crippen LogP contribution in [0, 0.1) is 5.92 Å². The summed E-state index contributed by atoms with van der Waals surface area (Å²) in [5.74, 6) is 1.84. The Bertz CT molecular complexity index is 1020. The van der Waals surface area contributed by atoms with E-state index >= 15 is 0 Å². The zero-order chi connectivity index (χ0) is 20.2. The average molecular weight is 394 g/mol. The molecule has 29 heavy (non-hydrogen) atoms. The Morgan fingerprint density at radius 3 is 2.90 bits per heavy atom. The molecule has 1 fully saturated rings. The van der Waals surface area contributed by atoms with E-state index in [1.165, 1.54) is 0 Å². The number of carbonyl (C=O) groups excluding carboxylic acids is 2. The molecule has 7 nitrogen and oxygen atoms in total. The first-order valence-electron chi connectivity index (χ1n) is 9.74. The molecule has 0 unspecified atom stereocenters. The van der Waals surface area contributed by atoms with Gasteiger partial charge in [0.25, 0.3) is 5.91 Å². The molecule has 2 amide bonds. The van der Waals surface area contributed by atoms with Crippen LogP contribution in [0.1, 0.15) is 25.3 Å². The van der Waals surface area contributed by atoms with Crippen molar-refractivity contribution in [3.63, 3.8) is 0 Å². The van der Waals surface area contributed by atoms with E-state index in [-0.39, 0.29) is 23.1 Å². The van der Waals surface area contributed by atoms with Gasteiger partial charge in [0.1, 0.15) is 17.2 Å². The van der Waals surface area contributed by atoms with Crippen LogP contribution in [0.5, 0.6) is 17.2 Å². The largest absolute Gasteiger partial charge is 0.497 e. The highest BCUT2D eigenvalue weighted by atomic mass is 16.5. The fraction of sp³-hybridized carbons (Fsp3) is 0.364. The van der Waals surface area contributed by atoms with Gasteiger partial charge in [-0.1, -0.05) is 0 Å². The summed E-state index contributed by atoms with van der Waals surface area (Å²) in [6, 6.07) is 11.0. The number of rotatable bonds is 3. The molecule has 150 valence electrons. The fourth-order valence-corrected chi connectivity index (χ4v) is 4.37. The first-order valence-corrected chi connectivity index (χ1v) is 9.74. The molecule has 7 heteroatoms. The molecule has 0 bridgehead atoms. The number of nitrogens with one attached hydrogen (secondary N) is 2. The summed E-state index contributed by atoms with van der Waals surface area (Å²) in [6.07, 6.45) is 1.06. The molecule has 1 spiro atoms. The SMILES string of the molecule is COc1ccc2c(c1)[C@@]1(CCO2)C[C@@H]1C(=O)Nc1ccc2c(c1)NC(=O)[C@@H](C)O2. The maximum Gasteiger partial charge on any atom is 0.265 e. The number of amides is 2. The highest BCUT2D eigenvalue weighted by Crippen LogP contribution is 2.61. The highest BCUT2D eigenvalue weighted by Gasteiger charge is 2.61. The van der Waals surface area contributed by atoms with Crippen molar-refractivity contribution in [2.45, 2.75) is 31.3 Å². The number of hydrogen-bond acceptors (Lipinski definition) is 5. The second kappa shape index (κ2) is 6.40. The van der Waals surface area contributed by atoms with E-state index in [0.29, 0.717) is 23.7 Å². The monoisotopic (exact) mass is 394 g/mol. The van der Waals surface area contributed by atoms with E-state index < -0.39 is 6.10 Å². The molecule has 2 aromatic rings. The Balaban J connectivity index is 1.35. The predicted molar refractivity (Wildman–Crippen MR) is 107 cm³/mol. The van der Waals surface area contributed by atoms with Crippen molar-refractivity contribution >= 4 is 23.2 Å². The quantitative estimate of drug-likeness (QED) is 0.836. The first kappa shape index (κ1) is 17.8. The van der Waals surface area contributed by atoms with Gasteiger partial charge in [-0.05, 0) is 56.2 Å². The summed E-state index contributed by atoms with van der Waals surface area (Å²) in [4.78, 5) is 24.8. The topological polar surface area (TPSA) is 85.9 Å². The minimum absolute atomic E-state index is 0.0305. The summed E-state index contributed by atoms with van der Waals surface area (Å²) >= 11 is 0. The molecule has 0 radical (unpaired) electrons. The number of carbonyl (C=O) groups is 2. The van der Waals surface area contributed by atoms with Crippen molar-refractivity contribution in [1.82, 2.24) is 0 Å². The normalized spacial score (nSPS) is 26.3. The first-order chi connectivity index (χ1) is 14.0. The van der Waals surface area contributed by atoms with Gasteiger partial charge in [0, 0.05) is 22.6 Å². The Morgan fingerprint density at radius 1 is 1.24 bits per heavy atom. The van der Waals surface area contributed by atoms with Crippen molar-refractivity contribution in [1.29, 1.82) is 0 Å². The van der Waals surface area contributed by atoms with Gasteiger partial charge in [0.2, 0.25) is 5.91 Å². The Kier molecular flexibility index (Phi) is 3.94. The number of fused-ring (bicyclic) bond motifs is 3. The Hall–Kier alpha value is -3.22. The molecule has 2 aromatic carbocycles. The predicted octanol–water partition coefficient (Wildman–Crippen LogP) is 3.09. The average Bonchev–Trinajstić information content (AvgIpc) is 3.44. The third-order valence-electron chi connectivity index (χ3n) is 6.10. The minimum Gasteiger partial charge on any atom is -0.497 e. The zero-order valence-corrected chi connectivity index (χ0v) is 16.3. The van der Waals surface area contributed by atoms with Gasteiger partial charge in [-0.15, -0.1) is 0 Å². The smallest absolute Gasteiger partial charge is 0.265 e. The van der Waals surface area contributed by atoms with Crippen LogP contribution in [0.25, 0.3) is 0 Å². The van der Waals surface area contributed by atoms with E-state index in [1.807, 2.05) is 18.2 Å². The summed E-state index contributed by atoms with van der Waals surface area (Å²) in [7, 11) is 1.63. The number of benzene rings is 2. The molecule has 1 saturated carbocycles. The maximum absolute atomic E-state index is 13.0. The fourth-order valence-electron chi connectivity index (χ4n) is 4.37. The van der Waals surface area contributed by atoms with Crippen LogP contribution >= 0.6 is 0 Å². The molecule has 0 saturated heterocycles. The van der Waals surface area contributed by atoms with Gasteiger partial charge in [0.15, 0.2) is 6.10 Å². The second-order valence-corrected chi connectivity index (χ2v) is 7.82. The Labute approximate surface area is 168 Å². The molecular formula is C22H22N2O5. The summed E-state index contributed by atoms with van der Waals surface area (Å²) < 4.78 is 16.7. The van der Waals surface area contributed by atoms with Crippen LogP contribution in [0.4, 0.5) is 11.4 Å². The van der Waals surface area contributed by atoms with E-state index in [0.717, 1.165) is 29.9 Å². The van der Waals surface area contributed by atoms with Gasteiger partial charge >= 0.3 is 0 Å². The molecule has 0 aromatic heterocycles. The van der Waals surface area contributed by atoms with Crippen LogP contribution < -0.4 is 24.8 Å². The van der Waals surface area contributed by atoms with Gasteiger partial charge < -0.3 is 24.8 Å². The van der Waals surface area contributed by atoms with Crippen molar-refractivity contribution in [3.05, 3.63) is 42.0 Å². The van der Waals surface area contributed by atoms with Crippen LogP contribution in [-0.4, -0.2) is 31.6 Å². The lowest BCUT2D eigenvalue weighted by Gasteiger charge is -2.27. The van der Waals surface area contributed by atoms with Crippen LogP contribution in [0.2, 0.25) is 0 Å². The molecule has 2 N–H and O–H groups in total. The van der Waals surface area contributed by atoms with Crippen LogP contribution in [-0.2, 0) is 15.0 Å². The molecule has 3 aliphatic rings. The molecule has 3 atom stereocenters. The summed E-state index contributed by atoms with van der Waals surface area (Å²) in [5, 5.41) is 5.80. The lowest BCUT2D eigenvalue weighted by Crippen LogP contribution is -2.34. The minimum atomic E-state index is -0.528. The summed E-state index contributed by atoms with van der Waals surface area (Å²) in [6.45, 7) is 2.30. The lowest BCUT2D eigenvalue weighted by molar-refractivity contribution is -0.122. The number of ether oxygens (including phenoxy) is 3.